The molecule has 1 aliphatic heterocycles. The number of aromatic nitrogens is 5. The van der Waals surface area contributed by atoms with Crippen LogP contribution in [0.2, 0.25) is 0 Å². The van der Waals surface area contributed by atoms with Gasteiger partial charge in [0.2, 0.25) is 0 Å². The van der Waals surface area contributed by atoms with Crippen LogP contribution >= 0.6 is 0 Å². The number of aryl methyl sites for hydroxylation is 4. The van der Waals surface area contributed by atoms with Gasteiger partial charge in [-0.2, -0.15) is 0 Å². The number of hydrogen-bond donors (Lipinski definition) is 3. The molecule has 11 nitrogen and oxygen atoms in total. The standard InChI is InChI=1S/C33H35N7O4/c1-8-10-21(9-2)29-30(27(17(3)34-29)33(41)40-11-13-43-14-12-40)38-32-28-22-16-25(42-7)23(26-18(4)39-44-19(26)5)15-24(22)37-31(28)35-20(6)36-32/h8-10,15-16,34H,1-2,11-14H2,3-7H3,(H2,35,36,37,38)/b21-10+. The molecule has 5 aromatic rings. The van der Waals surface area contributed by atoms with Crippen LogP contribution < -0.4 is 10.1 Å². The number of hydrogen-bond acceptors (Lipinski definition) is 8. The number of nitrogens with one attached hydrogen (secondary N) is 3. The topological polar surface area (TPSA) is 134 Å². The first-order valence-electron chi connectivity index (χ1n) is 14.4. The quantitative estimate of drug-likeness (QED) is 0.178. The van der Waals surface area contributed by atoms with Gasteiger partial charge in [0.15, 0.2) is 0 Å². The summed E-state index contributed by atoms with van der Waals surface area (Å²) in [5, 5.41) is 9.30. The highest BCUT2D eigenvalue weighted by Crippen LogP contribution is 2.42. The van der Waals surface area contributed by atoms with Crippen molar-refractivity contribution < 1.29 is 18.8 Å². The van der Waals surface area contributed by atoms with E-state index in [-0.39, 0.29) is 5.91 Å². The number of ether oxygens (including phenoxy) is 2. The van der Waals surface area contributed by atoms with Crippen molar-refractivity contribution in [1.29, 1.82) is 0 Å². The Bertz CT molecular complexity index is 1950. The molecule has 1 aliphatic rings. The van der Waals surface area contributed by atoms with Gasteiger partial charge in [0.05, 0.1) is 53.9 Å². The van der Waals surface area contributed by atoms with Crippen molar-refractivity contribution in [3.63, 3.8) is 0 Å². The second kappa shape index (κ2) is 11.5. The fraction of sp³-hybridized carbons (Fsp3) is 0.273. The maximum Gasteiger partial charge on any atom is 0.257 e. The lowest BCUT2D eigenvalue weighted by atomic mass is 10.0. The molecule has 1 fully saturated rings. The van der Waals surface area contributed by atoms with Crippen molar-refractivity contribution in [3.05, 3.63) is 77.7 Å². The van der Waals surface area contributed by atoms with Gasteiger partial charge in [0.25, 0.3) is 5.91 Å². The molecule has 4 aromatic heterocycles. The summed E-state index contributed by atoms with van der Waals surface area (Å²) in [7, 11) is 1.64. The van der Waals surface area contributed by atoms with E-state index < -0.39 is 0 Å². The van der Waals surface area contributed by atoms with Gasteiger partial charge >= 0.3 is 0 Å². The number of aromatic amines is 2. The number of carbonyl (C=O) groups excluding carboxylic acids is 1. The van der Waals surface area contributed by atoms with Gasteiger partial charge in [0.1, 0.15) is 28.8 Å². The average Bonchev–Trinajstić information content (AvgIpc) is 3.66. The molecule has 0 radical (unpaired) electrons. The minimum absolute atomic E-state index is 0.0930. The highest BCUT2D eigenvalue weighted by atomic mass is 16.5. The Kier molecular flexibility index (Phi) is 7.56. The lowest BCUT2D eigenvalue weighted by Gasteiger charge is -2.27. The minimum Gasteiger partial charge on any atom is -0.496 e. The molecule has 0 aliphatic carbocycles. The van der Waals surface area contributed by atoms with E-state index in [1.54, 1.807) is 19.3 Å². The van der Waals surface area contributed by atoms with E-state index in [0.29, 0.717) is 72.0 Å². The molecule has 226 valence electrons. The molecule has 11 heteroatoms. The normalized spacial score (nSPS) is 13.9. The van der Waals surface area contributed by atoms with E-state index in [0.717, 1.165) is 44.4 Å². The predicted octanol–water partition coefficient (Wildman–Crippen LogP) is 6.31. The molecular weight excluding hydrogens is 558 g/mol. The van der Waals surface area contributed by atoms with Gasteiger partial charge in [-0.15, -0.1) is 0 Å². The molecule has 1 saturated heterocycles. The Balaban J connectivity index is 1.57. The molecule has 0 unspecified atom stereocenters. The predicted molar refractivity (Wildman–Crippen MR) is 172 cm³/mol. The number of benzene rings is 1. The molecular formula is C33H35N7O4. The smallest absolute Gasteiger partial charge is 0.257 e. The second-order valence-electron chi connectivity index (χ2n) is 10.7. The number of carbonyl (C=O) groups is 1. The molecule has 1 amide bonds. The lowest BCUT2D eigenvalue weighted by Crippen LogP contribution is -2.41. The third-order valence-electron chi connectivity index (χ3n) is 7.93. The minimum atomic E-state index is -0.0930. The largest absolute Gasteiger partial charge is 0.496 e. The monoisotopic (exact) mass is 593 g/mol. The number of amides is 1. The van der Waals surface area contributed by atoms with Crippen molar-refractivity contribution in [2.75, 3.05) is 38.7 Å². The summed E-state index contributed by atoms with van der Waals surface area (Å²) in [4.78, 5) is 32.2. The Morgan fingerprint density at radius 3 is 2.55 bits per heavy atom. The lowest BCUT2D eigenvalue weighted by molar-refractivity contribution is 0.0303. The van der Waals surface area contributed by atoms with Crippen LogP contribution in [-0.2, 0) is 4.74 Å². The van der Waals surface area contributed by atoms with Crippen LogP contribution in [0.4, 0.5) is 11.5 Å². The summed E-state index contributed by atoms with van der Waals surface area (Å²) in [5.74, 6) is 2.37. The number of H-pyrrole nitrogens is 2. The van der Waals surface area contributed by atoms with Gasteiger partial charge < -0.3 is 34.2 Å². The number of morpholine rings is 1. The van der Waals surface area contributed by atoms with Gasteiger partial charge in [-0.3, -0.25) is 4.79 Å². The van der Waals surface area contributed by atoms with E-state index in [4.69, 9.17) is 24.0 Å². The summed E-state index contributed by atoms with van der Waals surface area (Å²) in [6, 6.07) is 3.98. The van der Waals surface area contributed by atoms with E-state index in [1.165, 1.54) is 0 Å². The van der Waals surface area contributed by atoms with Crippen LogP contribution in [0.3, 0.4) is 0 Å². The maximum absolute atomic E-state index is 14.0. The molecule has 0 atom stereocenters. The number of allylic oxidation sites excluding steroid dienone is 4. The zero-order chi connectivity index (χ0) is 31.1. The average molecular weight is 594 g/mol. The van der Waals surface area contributed by atoms with Crippen LogP contribution in [0.5, 0.6) is 5.75 Å². The highest BCUT2D eigenvalue weighted by Gasteiger charge is 2.29. The van der Waals surface area contributed by atoms with Crippen LogP contribution in [0, 0.1) is 27.7 Å². The summed E-state index contributed by atoms with van der Waals surface area (Å²) < 4.78 is 16.8. The zero-order valence-corrected chi connectivity index (χ0v) is 25.6. The van der Waals surface area contributed by atoms with Gasteiger partial charge in [-0.25, -0.2) is 9.97 Å². The van der Waals surface area contributed by atoms with Crippen molar-refractivity contribution in [1.82, 2.24) is 30.0 Å². The number of fused-ring (bicyclic) bond motifs is 3. The molecule has 0 spiro atoms. The van der Waals surface area contributed by atoms with Crippen LogP contribution in [0.1, 0.15) is 39.0 Å². The maximum atomic E-state index is 14.0. The number of methoxy groups -OCH3 is 1. The third kappa shape index (κ3) is 4.84. The summed E-state index contributed by atoms with van der Waals surface area (Å²) in [6.07, 6.45) is 5.27. The summed E-state index contributed by atoms with van der Waals surface area (Å²) in [5.41, 5.74) is 7.33. The Labute approximate surface area is 254 Å². The number of nitrogens with zero attached hydrogens (tertiary/aromatic N) is 4. The first-order chi connectivity index (χ1) is 21.2. The fourth-order valence-corrected chi connectivity index (χ4v) is 5.92. The fourth-order valence-electron chi connectivity index (χ4n) is 5.92. The molecule has 3 N–H and O–H groups in total. The number of anilines is 2. The SMILES string of the molecule is C=C/C=C(\C=C)c1[nH]c(C)c(C(=O)N2CCOCC2)c1Nc1nc(C)nc2[nH]c3cc(-c4c(C)noc4C)c(OC)cc3c12. The molecule has 6 rings (SSSR count). The van der Waals surface area contributed by atoms with Crippen LogP contribution in [-0.4, -0.2) is 69.3 Å². The highest BCUT2D eigenvalue weighted by molar-refractivity contribution is 6.14. The summed E-state index contributed by atoms with van der Waals surface area (Å²) in [6.45, 7) is 17.4. The Morgan fingerprint density at radius 2 is 1.89 bits per heavy atom. The molecule has 5 heterocycles. The van der Waals surface area contributed by atoms with E-state index in [1.807, 2.05) is 50.8 Å². The third-order valence-corrected chi connectivity index (χ3v) is 7.93. The van der Waals surface area contributed by atoms with E-state index in [9.17, 15) is 4.79 Å². The van der Waals surface area contributed by atoms with Crippen LogP contribution in [0.25, 0.3) is 38.6 Å². The van der Waals surface area contributed by atoms with E-state index >= 15 is 0 Å². The second-order valence-corrected chi connectivity index (χ2v) is 10.7. The van der Waals surface area contributed by atoms with Gasteiger partial charge in [-0.1, -0.05) is 36.5 Å². The van der Waals surface area contributed by atoms with Crippen LogP contribution in [0.15, 0.2) is 48.0 Å². The number of rotatable bonds is 8. The molecule has 44 heavy (non-hydrogen) atoms. The van der Waals surface area contributed by atoms with Gasteiger partial charge in [-0.05, 0) is 45.4 Å². The van der Waals surface area contributed by atoms with Crippen molar-refractivity contribution in [2.24, 2.45) is 0 Å². The molecule has 0 bridgehead atoms. The Morgan fingerprint density at radius 1 is 1.11 bits per heavy atom. The van der Waals surface area contributed by atoms with Crippen molar-refractivity contribution >= 4 is 44.9 Å². The van der Waals surface area contributed by atoms with Gasteiger partial charge in [0, 0.05) is 35.2 Å². The molecule has 1 aromatic carbocycles. The van der Waals surface area contributed by atoms with Crippen molar-refractivity contribution in [3.8, 4) is 16.9 Å². The first-order valence-corrected chi connectivity index (χ1v) is 14.4. The summed E-state index contributed by atoms with van der Waals surface area (Å²) >= 11 is 0. The first kappa shape index (κ1) is 28.9. The van der Waals surface area contributed by atoms with E-state index in [2.05, 4.69) is 33.6 Å². The molecule has 0 saturated carbocycles. The Hall–Kier alpha value is -5.16. The van der Waals surface area contributed by atoms with Crippen molar-refractivity contribution in [2.45, 2.75) is 27.7 Å². The zero-order valence-electron chi connectivity index (χ0n) is 25.6.